The molecule has 1 aromatic carbocycles. The van der Waals surface area contributed by atoms with Gasteiger partial charge < -0.3 is 14.8 Å². The number of anilines is 1. The molecule has 1 aromatic heterocycles. The molecule has 2 aromatic rings. The number of Topliss-reactive ketones (excluding diaryl/α,β-unsaturated/α-hetero) is 1. The van der Waals surface area contributed by atoms with Crippen LogP contribution in [0.5, 0.6) is 0 Å². The monoisotopic (exact) mass is 355 g/mol. The standard InChI is InChI=1S/C19H21N3O4/c1-2-3-15(23)16-17(11-6-7-26-9-11)22(19(25)18(16)24)12-4-5-13-14(8-12)21-10-20-13/h4-5,8,10-11,17,24H,2-3,6-7,9H2,1H3,(H,20,21). The number of fused-ring (bicyclic) bond motifs is 1. The normalized spacial score (nSPS) is 23.4. The van der Waals surface area contributed by atoms with Crippen molar-refractivity contribution in [2.24, 2.45) is 5.92 Å². The van der Waals surface area contributed by atoms with Gasteiger partial charge in [0.25, 0.3) is 5.91 Å². The Hall–Kier alpha value is -2.67. The summed E-state index contributed by atoms with van der Waals surface area (Å²) in [5.74, 6) is -1.14. The number of amides is 1. The molecular weight excluding hydrogens is 334 g/mol. The number of imidazole rings is 1. The molecule has 0 radical (unpaired) electrons. The Morgan fingerprint density at radius 3 is 3.04 bits per heavy atom. The first-order valence-electron chi connectivity index (χ1n) is 8.92. The first kappa shape index (κ1) is 16.8. The van der Waals surface area contributed by atoms with E-state index in [4.69, 9.17) is 4.74 Å². The number of aromatic nitrogens is 2. The molecule has 1 fully saturated rings. The summed E-state index contributed by atoms with van der Waals surface area (Å²) in [5.41, 5.74) is 2.46. The van der Waals surface area contributed by atoms with E-state index in [1.165, 1.54) is 4.90 Å². The highest BCUT2D eigenvalue weighted by Gasteiger charge is 2.47. The molecule has 136 valence electrons. The quantitative estimate of drug-likeness (QED) is 0.859. The minimum Gasteiger partial charge on any atom is -0.503 e. The second-order valence-electron chi connectivity index (χ2n) is 6.78. The van der Waals surface area contributed by atoms with Crippen LogP contribution >= 0.6 is 0 Å². The van der Waals surface area contributed by atoms with Crippen LogP contribution in [0.15, 0.2) is 35.9 Å². The van der Waals surface area contributed by atoms with E-state index in [1.807, 2.05) is 19.1 Å². The van der Waals surface area contributed by atoms with Gasteiger partial charge in [-0.05, 0) is 31.0 Å². The maximum atomic E-state index is 12.9. The zero-order chi connectivity index (χ0) is 18.3. The molecule has 7 heteroatoms. The molecule has 3 heterocycles. The number of nitrogens with zero attached hydrogens (tertiary/aromatic N) is 2. The molecule has 2 aliphatic heterocycles. The second-order valence-corrected chi connectivity index (χ2v) is 6.78. The summed E-state index contributed by atoms with van der Waals surface area (Å²) in [7, 11) is 0. The predicted molar refractivity (Wildman–Crippen MR) is 95.9 cm³/mol. The van der Waals surface area contributed by atoms with Crippen LogP contribution in [0.1, 0.15) is 26.2 Å². The van der Waals surface area contributed by atoms with Crippen molar-refractivity contribution in [3.05, 3.63) is 35.9 Å². The van der Waals surface area contributed by atoms with E-state index in [2.05, 4.69) is 9.97 Å². The Kier molecular flexibility index (Phi) is 4.24. The molecule has 1 amide bonds. The van der Waals surface area contributed by atoms with Gasteiger partial charge in [0.05, 0.1) is 35.6 Å². The number of benzene rings is 1. The van der Waals surface area contributed by atoms with Crippen LogP contribution in [0.3, 0.4) is 0 Å². The number of aliphatic hydroxyl groups is 1. The van der Waals surface area contributed by atoms with Crippen LogP contribution in [0.25, 0.3) is 11.0 Å². The molecule has 26 heavy (non-hydrogen) atoms. The van der Waals surface area contributed by atoms with Crippen molar-refractivity contribution in [1.29, 1.82) is 0 Å². The lowest BCUT2D eigenvalue weighted by Gasteiger charge is -2.30. The van der Waals surface area contributed by atoms with E-state index < -0.39 is 17.7 Å². The van der Waals surface area contributed by atoms with Crippen LogP contribution < -0.4 is 4.90 Å². The van der Waals surface area contributed by atoms with Crippen molar-refractivity contribution in [2.75, 3.05) is 18.1 Å². The van der Waals surface area contributed by atoms with Crippen LogP contribution in [0.4, 0.5) is 5.69 Å². The summed E-state index contributed by atoms with van der Waals surface area (Å²) in [5, 5.41) is 10.5. The third kappa shape index (κ3) is 2.59. The fourth-order valence-electron chi connectivity index (χ4n) is 3.88. The molecule has 2 atom stereocenters. The number of hydrogen-bond acceptors (Lipinski definition) is 5. The first-order valence-corrected chi connectivity index (χ1v) is 8.92. The number of carbonyl (C=O) groups excluding carboxylic acids is 2. The lowest BCUT2D eigenvalue weighted by atomic mass is 9.89. The zero-order valence-corrected chi connectivity index (χ0v) is 14.6. The van der Waals surface area contributed by atoms with Gasteiger partial charge in [-0.3, -0.25) is 14.5 Å². The number of ether oxygens (including phenoxy) is 1. The summed E-state index contributed by atoms with van der Waals surface area (Å²) >= 11 is 0. The van der Waals surface area contributed by atoms with E-state index in [-0.39, 0.29) is 17.3 Å². The van der Waals surface area contributed by atoms with Gasteiger partial charge in [-0.2, -0.15) is 0 Å². The van der Waals surface area contributed by atoms with Crippen LogP contribution in [0.2, 0.25) is 0 Å². The molecule has 2 unspecified atom stereocenters. The Balaban J connectivity index is 1.79. The summed E-state index contributed by atoms with van der Waals surface area (Å²) in [6.45, 7) is 2.97. The third-order valence-electron chi connectivity index (χ3n) is 5.12. The number of nitrogens with one attached hydrogen (secondary N) is 1. The molecule has 0 spiro atoms. The lowest BCUT2D eigenvalue weighted by molar-refractivity contribution is -0.118. The summed E-state index contributed by atoms with van der Waals surface area (Å²) in [4.78, 5) is 34.3. The average molecular weight is 355 g/mol. The van der Waals surface area contributed by atoms with Crippen molar-refractivity contribution in [3.8, 4) is 0 Å². The Morgan fingerprint density at radius 2 is 2.31 bits per heavy atom. The molecule has 7 nitrogen and oxygen atoms in total. The van der Waals surface area contributed by atoms with Crippen molar-refractivity contribution >= 4 is 28.4 Å². The van der Waals surface area contributed by atoms with Gasteiger partial charge in [0, 0.05) is 24.6 Å². The number of aliphatic hydroxyl groups excluding tert-OH is 1. The highest BCUT2D eigenvalue weighted by atomic mass is 16.5. The smallest absolute Gasteiger partial charge is 0.294 e. The molecule has 4 rings (SSSR count). The van der Waals surface area contributed by atoms with Crippen LogP contribution in [-0.4, -0.2) is 46.0 Å². The third-order valence-corrected chi connectivity index (χ3v) is 5.12. The average Bonchev–Trinajstić information content (AvgIpc) is 3.35. The number of carbonyl (C=O) groups is 2. The molecule has 0 aliphatic carbocycles. The Morgan fingerprint density at radius 1 is 1.46 bits per heavy atom. The first-order chi connectivity index (χ1) is 12.6. The number of ketones is 1. The van der Waals surface area contributed by atoms with E-state index in [9.17, 15) is 14.7 Å². The van der Waals surface area contributed by atoms with Crippen LogP contribution in [-0.2, 0) is 14.3 Å². The van der Waals surface area contributed by atoms with Gasteiger partial charge in [0.1, 0.15) is 0 Å². The fraction of sp³-hybridized carbons (Fsp3) is 0.421. The lowest BCUT2D eigenvalue weighted by Crippen LogP contribution is -2.42. The van der Waals surface area contributed by atoms with E-state index >= 15 is 0 Å². The molecule has 1 saturated heterocycles. The van der Waals surface area contributed by atoms with Gasteiger partial charge in [-0.25, -0.2) is 4.98 Å². The fourth-order valence-corrected chi connectivity index (χ4v) is 3.88. The highest BCUT2D eigenvalue weighted by molar-refractivity contribution is 6.16. The minimum atomic E-state index is -0.528. The van der Waals surface area contributed by atoms with Crippen molar-refractivity contribution in [1.82, 2.24) is 9.97 Å². The van der Waals surface area contributed by atoms with Gasteiger partial charge in [-0.1, -0.05) is 6.92 Å². The molecule has 2 N–H and O–H groups in total. The number of hydrogen-bond donors (Lipinski definition) is 2. The molecular formula is C19H21N3O4. The summed E-state index contributed by atoms with van der Waals surface area (Å²) in [6, 6.07) is 4.94. The van der Waals surface area contributed by atoms with Crippen molar-refractivity contribution in [3.63, 3.8) is 0 Å². The Bertz CT molecular complexity index is 895. The zero-order valence-electron chi connectivity index (χ0n) is 14.6. The van der Waals surface area contributed by atoms with E-state index in [0.29, 0.717) is 31.7 Å². The molecule has 0 bridgehead atoms. The largest absolute Gasteiger partial charge is 0.503 e. The highest BCUT2D eigenvalue weighted by Crippen LogP contribution is 2.38. The van der Waals surface area contributed by atoms with Gasteiger partial charge in [-0.15, -0.1) is 0 Å². The Labute approximate surface area is 150 Å². The molecule has 2 aliphatic rings. The number of H-pyrrole nitrogens is 1. The SMILES string of the molecule is CCCC(=O)C1=C(O)C(=O)N(c2ccc3nc[nH]c3c2)C1C1CCOC1. The summed E-state index contributed by atoms with van der Waals surface area (Å²) < 4.78 is 5.50. The van der Waals surface area contributed by atoms with Gasteiger partial charge in [0.2, 0.25) is 0 Å². The predicted octanol–water partition coefficient (Wildman–Crippen LogP) is 2.50. The van der Waals surface area contributed by atoms with Crippen LogP contribution in [0, 0.1) is 5.92 Å². The number of rotatable bonds is 5. The molecule has 0 saturated carbocycles. The maximum absolute atomic E-state index is 12.9. The van der Waals surface area contributed by atoms with E-state index in [1.54, 1.807) is 12.4 Å². The minimum absolute atomic E-state index is 0.0168. The van der Waals surface area contributed by atoms with Crippen molar-refractivity contribution < 1.29 is 19.4 Å². The van der Waals surface area contributed by atoms with Gasteiger partial charge in [0.15, 0.2) is 11.5 Å². The van der Waals surface area contributed by atoms with E-state index in [0.717, 1.165) is 17.5 Å². The number of aromatic amines is 1. The topological polar surface area (TPSA) is 95.5 Å². The second kappa shape index (κ2) is 6.57. The van der Waals surface area contributed by atoms with Crippen molar-refractivity contribution in [2.45, 2.75) is 32.2 Å². The van der Waals surface area contributed by atoms with Gasteiger partial charge >= 0.3 is 0 Å². The summed E-state index contributed by atoms with van der Waals surface area (Å²) in [6.07, 6.45) is 3.31. The maximum Gasteiger partial charge on any atom is 0.294 e.